The average Bonchev–Trinajstić information content (AvgIpc) is 2.39. The van der Waals surface area contributed by atoms with Crippen LogP contribution in [0.1, 0.15) is 28.3 Å². The maximum absolute atomic E-state index is 13.8. The van der Waals surface area contributed by atoms with Gasteiger partial charge in [0.25, 0.3) is 0 Å². The third kappa shape index (κ3) is 3.27. The lowest BCUT2D eigenvalue weighted by atomic mass is 9.91. The third-order valence-corrected chi connectivity index (χ3v) is 3.73. The van der Waals surface area contributed by atoms with Gasteiger partial charge in [0.15, 0.2) is 0 Å². The number of hydrogen-bond acceptors (Lipinski definition) is 1. The molecule has 1 atom stereocenters. The summed E-state index contributed by atoms with van der Waals surface area (Å²) in [6.45, 7) is 3.60. The molecule has 2 aromatic rings. The predicted octanol–water partition coefficient (Wildman–Crippen LogP) is 4.22. The molecule has 0 saturated carbocycles. The van der Waals surface area contributed by atoms with Crippen LogP contribution in [-0.4, -0.2) is 7.05 Å². The molecule has 1 nitrogen and oxygen atoms in total. The molecule has 0 saturated heterocycles. The van der Waals surface area contributed by atoms with Crippen molar-refractivity contribution >= 4 is 0 Å². The van der Waals surface area contributed by atoms with Crippen molar-refractivity contribution in [2.75, 3.05) is 7.05 Å². The fourth-order valence-corrected chi connectivity index (χ4v) is 2.75. The van der Waals surface area contributed by atoms with Crippen molar-refractivity contribution in [2.45, 2.75) is 26.3 Å². The molecule has 2 rings (SSSR count). The molecule has 4 heteroatoms. The Hall–Kier alpha value is -1.81. The van der Waals surface area contributed by atoms with Gasteiger partial charge >= 0.3 is 0 Å². The average molecular weight is 293 g/mol. The zero-order valence-corrected chi connectivity index (χ0v) is 12.3. The maximum atomic E-state index is 13.8. The number of likely N-dealkylation sites (N-methyl/N-ethyl adjacent to an activating group) is 1. The molecule has 0 aliphatic carbocycles. The third-order valence-electron chi connectivity index (χ3n) is 3.73. The molecule has 0 radical (unpaired) electrons. The Kier molecular flexibility index (Phi) is 4.68. The monoisotopic (exact) mass is 293 g/mol. The van der Waals surface area contributed by atoms with Crippen LogP contribution in [0.2, 0.25) is 0 Å². The Bertz CT molecular complexity index is 609. The Morgan fingerprint density at radius 2 is 1.52 bits per heavy atom. The minimum Gasteiger partial charge on any atom is -0.313 e. The molecule has 0 aliphatic heterocycles. The molecule has 21 heavy (non-hydrogen) atoms. The largest absolute Gasteiger partial charge is 0.313 e. The quantitative estimate of drug-likeness (QED) is 0.890. The van der Waals surface area contributed by atoms with Gasteiger partial charge in [0.2, 0.25) is 0 Å². The summed E-state index contributed by atoms with van der Waals surface area (Å²) in [5.41, 5.74) is 2.45. The summed E-state index contributed by atoms with van der Waals surface area (Å²) in [6.07, 6.45) is 0.169. The first-order valence-electron chi connectivity index (χ1n) is 6.80. The first-order valence-corrected chi connectivity index (χ1v) is 6.80. The first-order chi connectivity index (χ1) is 9.93. The minimum absolute atomic E-state index is 0.0416. The summed E-state index contributed by atoms with van der Waals surface area (Å²) in [6, 6.07) is 6.42. The van der Waals surface area contributed by atoms with E-state index in [4.69, 9.17) is 0 Å². The fraction of sp³-hybridized carbons (Fsp3) is 0.294. The molecule has 1 N–H and O–H groups in total. The van der Waals surface area contributed by atoms with Crippen LogP contribution >= 0.6 is 0 Å². The minimum atomic E-state index is -0.562. The molecule has 0 bridgehead atoms. The molecular weight excluding hydrogens is 275 g/mol. The standard InChI is InChI=1S/C17H18F3N/c1-10-7-12(18)8-11(2)17(10)16(21-3)9-13-14(19)5-4-6-15(13)20/h4-8,16,21H,9H2,1-3H3. The number of hydrogen-bond donors (Lipinski definition) is 1. The lowest BCUT2D eigenvalue weighted by molar-refractivity contribution is 0.512. The van der Waals surface area contributed by atoms with Crippen molar-refractivity contribution in [2.24, 2.45) is 0 Å². The van der Waals surface area contributed by atoms with E-state index in [0.29, 0.717) is 0 Å². The smallest absolute Gasteiger partial charge is 0.129 e. The molecule has 2 aromatic carbocycles. The number of rotatable bonds is 4. The summed E-state index contributed by atoms with van der Waals surface area (Å²) in [5, 5.41) is 3.07. The van der Waals surface area contributed by atoms with Crippen LogP contribution in [0.5, 0.6) is 0 Å². The summed E-state index contributed by atoms with van der Waals surface area (Å²) < 4.78 is 41.0. The van der Waals surface area contributed by atoms with Crippen LogP contribution in [0.4, 0.5) is 13.2 Å². The van der Waals surface area contributed by atoms with Crippen LogP contribution in [0.3, 0.4) is 0 Å². The van der Waals surface area contributed by atoms with E-state index < -0.39 is 11.6 Å². The predicted molar refractivity (Wildman–Crippen MR) is 77.7 cm³/mol. The van der Waals surface area contributed by atoms with Crippen LogP contribution in [-0.2, 0) is 6.42 Å². The van der Waals surface area contributed by atoms with Crippen molar-refractivity contribution in [1.82, 2.24) is 5.32 Å². The molecular formula is C17H18F3N. The van der Waals surface area contributed by atoms with E-state index in [1.54, 1.807) is 20.9 Å². The lowest BCUT2D eigenvalue weighted by Crippen LogP contribution is -2.22. The van der Waals surface area contributed by atoms with Crippen LogP contribution in [0, 0.1) is 31.3 Å². The van der Waals surface area contributed by atoms with Gasteiger partial charge in [0.1, 0.15) is 17.5 Å². The summed E-state index contributed by atoms with van der Waals surface area (Å²) >= 11 is 0. The summed E-state index contributed by atoms with van der Waals surface area (Å²) in [5.74, 6) is -1.43. The Morgan fingerprint density at radius 3 is 2.00 bits per heavy atom. The molecule has 0 fully saturated rings. The zero-order chi connectivity index (χ0) is 15.6. The van der Waals surface area contributed by atoms with Gasteiger partial charge in [-0.2, -0.15) is 0 Å². The normalized spacial score (nSPS) is 12.5. The van der Waals surface area contributed by atoms with E-state index >= 15 is 0 Å². The summed E-state index contributed by atoms with van der Waals surface area (Å²) in [7, 11) is 1.73. The molecule has 1 unspecified atom stereocenters. The second-order valence-corrected chi connectivity index (χ2v) is 5.20. The fourth-order valence-electron chi connectivity index (χ4n) is 2.75. The van der Waals surface area contributed by atoms with Crippen molar-refractivity contribution < 1.29 is 13.2 Å². The van der Waals surface area contributed by atoms with Gasteiger partial charge in [0.05, 0.1) is 0 Å². The van der Waals surface area contributed by atoms with E-state index in [0.717, 1.165) is 16.7 Å². The second kappa shape index (κ2) is 6.31. The SMILES string of the molecule is CNC(Cc1c(F)cccc1F)c1c(C)cc(F)cc1C. The van der Waals surface area contributed by atoms with Gasteiger partial charge in [-0.1, -0.05) is 6.07 Å². The number of aryl methyl sites for hydroxylation is 2. The van der Waals surface area contributed by atoms with Gasteiger partial charge in [-0.15, -0.1) is 0 Å². The van der Waals surface area contributed by atoms with E-state index in [2.05, 4.69) is 5.32 Å². The molecule has 0 heterocycles. The second-order valence-electron chi connectivity index (χ2n) is 5.20. The van der Waals surface area contributed by atoms with Gasteiger partial charge in [-0.25, -0.2) is 13.2 Å². The van der Waals surface area contributed by atoms with E-state index in [-0.39, 0.29) is 23.8 Å². The molecule has 0 amide bonds. The topological polar surface area (TPSA) is 12.0 Å². The highest BCUT2D eigenvalue weighted by molar-refractivity contribution is 5.38. The van der Waals surface area contributed by atoms with Crippen LogP contribution in [0.15, 0.2) is 30.3 Å². The molecule has 112 valence electrons. The molecule has 0 aromatic heterocycles. The van der Waals surface area contributed by atoms with Crippen molar-refractivity contribution in [3.63, 3.8) is 0 Å². The van der Waals surface area contributed by atoms with Crippen molar-refractivity contribution in [3.8, 4) is 0 Å². The lowest BCUT2D eigenvalue weighted by Gasteiger charge is -2.22. The number of nitrogens with one attached hydrogen (secondary N) is 1. The van der Waals surface area contributed by atoms with Gasteiger partial charge in [-0.05, 0) is 68.3 Å². The first kappa shape index (κ1) is 15.6. The van der Waals surface area contributed by atoms with Gasteiger partial charge < -0.3 is 5.32 Å². The Morgan fingerprint density at radius 1 is 1.00 bits per heavy atom. The highest BCUT2D eigenvalue weighted by atomic mass is 19.1. The van der Waals surface area contributed by atoms with E-state index in [1.807, 2.05) is 0 Å². The summed E-state index contributed by atoms with van der Waals surface area (Å²) in [4.78, 5) is 0. The highest BCUT2D eigenvalue weighted by Gasteiger charge is 2.19. The maximum Gasteiger partial charge on any atom is 0.129 e. The van der Waals surface area contributed by atoms with E-state index in [1.165, 1.54) is 30.3 Å². The number of halogens is 3. The Labute approximate surface area is 122 Å². The van der Waals surface area contributed by atoms with Crippen LogP contribution < -0.4 is 5.32 Å². The molecule has 0 aliphatic rings. The Balaban J connectivity index is 2.42. The van der Waals surface area contributed by atoms with Gasteiger partial charge in [-0.3, -0.25) is 0 Å². The van der Waals surface area contributed by atoms with Crippen molar-refractivity contribution in [1.29, 1.82) is 0 Å². The highest BCUT2D eigenvalue weighted by Crippen LogP contribution is 2.27. The zero-order valence-electron chi connectivity index (χ0n) is 12.3. The van der Waals surface area contributed by atoms with Crippen molar-refractivity contribution in [3.05, 3.63) is 70.0 Å². The van der Waals surface area contributed by atoms with Gasteiger partial charge in [0, 0.05) is 11.6 Å². The number of benzene rings is 2. The van der Waals surface area contributed by atoms with E-state index in [9.17, 15) is 13.2 Å². The van der Waals surface area contributed by atoms with Crippen LogP contribution in [0.25, 0.3) is 0 Å². The molecule has 0 spiro atoms.